The second-order valence-corrected chi connectivity index (χ2v) is 6.08. The van der Waals surface area contributed by atoms with Crippen LogP contribution in [0.3, 0.4) is 0 Å². The number of aryl methyl sites for hydroxylation is 1. The van der Waals surface area contributed by atoms with Gasteiger partial charge >= 0.3 is 6.03 Å². The van der Waals surface area contributed by atoms with Gasteiger partial charge in [0, 0.05) is 6.54 Å². The van der Waals surface area contributed by atoms with Crippen molar-refractivity contribution in [1.29, 1.82) is 0 Å². The third-order valence-corrected chi connectivity index (χ3v) is 4.18. The molecule has 0 saturated heterocycles. The first-order chi connectivity index (χ1) is 13.2. The first-order valence-corrected chi connectivity index (χ1v) is 8.86. The van der Waals surface area contributed by atoms with E-state index >= 15 is 0 Å². The summed E-state index contributed by atoms with van der Waals surface area (Å²) in [5.74, 6) is 6.61. The third kappa shape index (κ3) is 5.26. The summed E-state index contributed by atoms with van der Waals surface area (Å²) < 4.78 is 5.59. The van der Waals surface area contributed by atoms with Crippen LogP contribution in [0.1, 0.15) is 11.1 Å². The quantitative estimate of drug-likeness (QED) is 0.677. The number of fused-ring (bicyclic) bond motifs is 1. The van der Waals surface area contributed by atoms with Crippen LogP contribution in [0.15, 0.2) is 66.7 Å². The number of rotatable bonds is 5. The molecule has 0 aliphatic rings. The van der Waals surface area contributed by atoms with Crippen molar-refractivity contribution in [2.24, 2.45) is 0 Å². The number of carbonyl (C=O) groups is 1. The monoisotopic (exact) mass is 358 g/mol. The molecule has 27 heavy (non-hydrogen) atoms. The molecule has 0 heterocycles. The number of urea groups is 1. The summed E-state index contributed by atoms with van der Waals surface area (Å²) in [6, 6.07) is 21.8. The maximum absolute atomic E-state index is 11.9. The fourth-order valence-corrected chi connectivity index (χ4v) is 2.75. The van der Waals surface area contributed by atoms with E-state index in [0.29, 0.717) is 13.2 Å². The van der Waals surface area contributed by atoms with Gasteiger partial charge in [0.05, 0.1) is 6.54 Å². The average molecular weight is 358 g/mol. The molecule has 0 radical (unpaired) electrons. The molecule has 0 fully saturated rings. The maximum Gasteiger partial charge on any atom is 0.315 e. The predicted octanol–water partition coefficient (Wildman–Crippen LogP) is 4.03. The molecule has 3 aromatic rings. The Balaban J connectivity index is 1.41. The lowest BCUT2D eigenvalue weighted by atomic mass is 10.0. The van der Waals surface area contributed by atoms with Gasteiger partial charge in [-0.05, 0) is 34.9 Å². The van der Waals surface area contributed by atoms with Crippen molar-refractivity contribution >= 4 is 16.8 Å². The minimum atomic E-state index is -0.239. The lowest BCUT2D eigenvalue weighted by molar-refractivity contribution is 0.241. The van der Waals surface area contributed by atoms with Crippen LogP contribution >= 0.6 is 0 Å². The van der Waals surface area contributed by atoms with E-state index in [0.717, 1.165) is 27.6 Å². The van der Waals surface area contributed by atoms with Crippen LogP contribution in [0, 0.1) is 18.8 Å². The highest BCUT2D eigenvalue weighted by molar-refractivity contribution is 5.86. The van der Waals surface area contributed by atoms with Crippen molar-refractivity contribution in [3.05, 3.63) is 77.9 Å². The van der Waals surface area contributed by atoms with E-state index in [1.54, 1.807) is 0 Å². The van der Waals surface area contributed by atoms with Crippen LogP contribution in [0.2, 0.25) is 0 Å². The van der Waals surface area contributed by atoms with Crippen molar-refractivity contribution in [2.75, 3.05) is 13.2 Å². The number of hydrogen-bond donors (Lipinski definition) is 2. The van der Waals surface area contributed by atoms with Crippen LogP contribution in [0.5, 0.6) is 5.75 Å². The summed E-state index contributed by atoms with van der Waals surface area (Å²) in [6.45, 7) is 3.03. The van der Waals surface area contributed by atoms with Gasteiger partial charge in [-0.15, -0.1) is 0 Å². The van der Waals surface area contributed by atoms with Gasteiger partial charge in [0.1, 0.15) is 12.4 Å². The zero-order chi connectivity index (χ0) is 18.9. The minimum absolute atomic E-state index is 0.239. The van der Waals surface area contributed by atoms with E-state index in [-0.39, 0.29) is 12.6 Å². The Labute approximate surface area is 159 Å². The van der Waals surface area contributed by atoms with Gasteiger partial charge in [0.2, 0.25) is 0 Å². The molecule has 0 spiro atoms. The molecule has 0 unspecified atom stereocenters. The molecule has 0 bridgehead atoms. The summed E-state index contributed by atoms with van der Waals surface area (Å²) in [6.07, 6.45) is 0. The molecule has 4 nitrogen and oxygen atoms in total. The summed E-state index contributed by atoms with van der Waals surface area (Å²) in [5, 5.41) is 7.91. The summed E-state index contributed by atoms with van der Waals surface area (Å²) >= 11 is 0. The Kier molecular flexibility index (Phi) is 6.32. The molecular weight excluding hydrogens is 336 g/mol. The van der Waals surface area contributed by atoms with Gasteiger partial charge in [-0.3, -0.25) is 0 Å². The maximum atomic E-state index is 11.9. The van der Waals surface area contributed by atoms with Crippen molar-refractivity contribution in [1.82, 2.24) is 10.6 Å². The second-order valence-electron chi connectivity index (χ2n) is 6.08. The number of ether oxygens (including phenoxy) is 1. The van der Waals surface area contributed by atoms with Gasteiger partial charge in [-0.1, -0.05) is 72.5 Å². The Morgan fingerprint density at radius 3 is 2.59 bits per heavy atom. The highest BCUT2D eigenvalue weighted by atomic mass is 16.5. The predicted molar refractivity (Wildman–Crippen MR) is 109 cm³/mol. The molecule has 0 aliphatic carbocycles. The van der Waals surface area contributed by atoms with E-state index in [1.807, 2.05) is 55.5 Å². The molecule has 2 N–H and O–H groups in total. The Hall–Kier alpha value is -3.45. The summed E-state index contributed by atoms with van der Waals surface area (Å²) in [4.78, 5) is 11.9. The number of amides is 2. The first-order valence-electron chi connectivity index (χ1n) is 8.86. The number of benzene rings is 3. The van der Waals surface area contributed by atoms with Gasteiger partial charge in [-0.25, -0.2) is 4.79 Å². The normalized spacial score (nSPS) is 9.96. The van der Waals surface area contributed by atoms with Gasteiger partial charge in [0.25, 0.3) is 0 Å². The number of carbonyl (C=O) groups excluding carboxylic acids is 1. The standard InChI is InChI=1S/C23H22N2O2/c1-18-9-2-5-14-22(18)27-16-7-6-15-24-23(26)25-17-20-12-8-11-19-10-3-4-13-21(19)20/h2-5,8-14H,15-17H2,1H3,(H2,24,25,26). The smallest absolute Gasteiger partial charge is 0.315 e. The Bertz CT molecular complexity index is 981. The van der Waals surface area contributed by atoms with Gasteiger partial charge < -0.3 is 15.4 Å². The summed E-state index contributed by atoms with van der Waals surface area (Å²) in [5.41, 5.74) is 2.16. The molecule has 0 saturated carbocycles. The zero-order valence-electron chi connectivity index (χ0n) is 15.3. The fraction of sp³-hybridized carbons (Fsp3) is 0.174. The highest BCUT2D eigenvalue weighted by Crippen LogP contribution is 2.18. The molecule has 4 heteroatoms. The van der Waals surface area contributed by atoms with E-state index < -0.39 is 0 Å². The molecule has 0 aliphatic heterocycles. The molecule has 2 amide bonds. The number of para-hydroxylation sites is 1. The van der Waals surface area contributed by atoms with Crippen LogP contribution < -0.4 is 15.4 Å². The molecular formula is C23H22N2O2. The van der Waals surface area contributed by atoms with Crippen molar-refractivity contribution in [3.8, 4) is 17.6 Å². The topological polar surface area (TPSA) is 50.4 Å². The lowest BCUT2D eigenvalue weighted by Crippen LogP contribution is -2.35. The second kappa shape index (κ2) is 9.30. The first kappa shape index (κ1) is 18.3. The molecule has 3 rings (SSSR count). The van der Waals surface area contributed by atoms with E-state index in [2.05, 4.69) is 40.7 Å². The molecule has 3 aromatic carbocycles. The van der Waals surface area contributed by atoms with E-state index in [1.165, 1.54) is 0 Å². The molecule has 0 atom stereocenters. The number of nitrogens with one attached hydrogen (secondary N) is 2. The van der Waals surface area contributed by atoms with Crippen LogP contribution in [-0.2, 0) is 6.54 Å². The lowest BCUT2D eigenvalue weighted by Gasteiger charge is -2.08. The van der Waals surface area contributed by atoms with E-state index in [9.17, 15) is 4.79 Å². The number of hydrogen-bond acceptors (Lipinski definition) is 2. The summed E-state index contributed by atoms with van der Waals surface area (Å²) in [7, 11) is 0. The van der Waals surface area contributed by atoms with Crippen molar-refractivity contribution < 1.29 is 9.53 Å². The zero-order valence-corrected chi connectivity index (χ0v) is 15.3. The highest BCUT2D eigenvalue weighted by Gasteiger charge is 2.02. The van der Waals surface area contributed by atoms with E-state index in [4.69, 9.17) is 4.74 Å². The molecule has 136 valence electrons. The van der Waals surface area contributed by atoms with Crippen molar-refractivity contribution in [3.63, 3.8) is 0 Å². The largest absolute Gasteiger partial charge is 0.481 e. The van der Waals surface area contributed by atoms with Gasteiger partial charge in [-0.2, -0.15) is 0 Å². The average Bonchev–Trinajstić information content (AvgIpc) is 2.70. The Morgan fingerprint density at radius 1 is 0.926 bits per heavy atom. The van der Waals surface area contributed by atoms with Crippen LogP contribution in [0.25, 0.3) is 10.8 Å². The van der Waals surface area contributed by atoms with Crippen molar-refractivity contribution in [2.45, 2.75) is 13.5 Å². The fourth-order valence-electron chi connectivity index (χ4n) is 2.75. The third-order valence-electron chi connectivity index (χ3n) is 4.18. The van der Waals surface area contributed by atoms with Crippen LogP contribution in [-0.4, -0.2) is 19.2 Å². The minimum Gasteiger partial charge on any atom is -0.481 e. The molecule has 0 aromatic heterocycles. The van der Waals surface area contributed by atoms with Gasteiger partial charge in [0.15, 0.2) is 0 Å². The Morgan fingerprint density at radius 2 is 1.70 bits per heavy atom. The van der Waals surface area contributed by atoms with Crippen LogP contribution in [0.4, 0.5) is 4.79 Å². The SMILES string of the molecule is Cc1ccccc1OCC#CCNC(=O)NCc1cccc2ccccc12.